The predicted octanol–water partition coefficient (Wildman–Crippen LogP) is 8.82. The first kappa shape index (κ1) is 23.1. The van der Waals surface area contributed by atoms with Crippen molar-refractivity contribution in [3.63, 3.8) is 0 Å². The summed E-state index contributed by atoms with van der Waals surface area (Å²) in [7, 11) is 0. The molecule has 0 N–H and O–H groups in total. The molecule has 184 valence electrons. The summed E-state index contributed by atoms with van der Waals surface area (Å²) in [6.07, 6.45) is 11.1. The smallest absolute Gasteiger partial charge is 0.125 e. The van der Waals surface area contributed by atoms with Crippen LogP contribution in [0.25, 0.3) is 65.3 Å². The Kier molecular flexibility index (Phi) is 5.96. The van der Waals surface area contributed by atoms with Crippen molar-refractivity contribution in [2.45, 2.75) is 0 Å². The van der Waals surface area contributed by atoms with Crippen LogP contribution >= 0.6 is 11.3 Å². The molecule has 0 saturated heterocycles. The summed E-state index contributed by atoms with van der Waals surface area (Å²) in [5.41, 5.74) is 10.9. The van der Waals surface area contributed by atoms with E-state index in [4.69, 9.17) is 4.98 Å². The number of hydrogen-bond acceptors (Lipinski definition) is 5. The highest BCUT2D eigenvalue weighted by atomic mass is 32.1. The van der Waals surface area contributed by atoms with E-state index in [9.17, 15) is 0 Å². The molecule has 39 heavy (non-hydrogen) atoms. The third kappa shape index (κ3) is 4.60. The van der Waals surface area contributed by atoms with E-state index in [1.807, 2.05) is 42.9 Å². The minimum atomic E-state index is 0.993. The molecule has 0 bridgehead atoms. The van der Waals surface area contributed by atoms with E-state index in [0.29, 0.717) is 0 Å². The van der Waals surface area contributed by atoms with Crippen LogP contribution in [-0.2, 0) is 0 Å². The van der Waals surface area contributed by atoms with E-state index in [1.165, 1.54) is 4.70 Å². The molecule has 0 unspecified atom stereocenters. The van der Waals surface area contributed by atoms with Crippen molar-refractivity contribution in [2.75, 3.05) is 0 Å². The van der Waals surface area contributed by atoms with Crippen LogP contribution in [0.4, 0.5) is 0 Å². The highest BCUT2D eigenvalue weighted by Gasteiger charge is 2.15. The molecule has 4 heterocycles. The lowest BCUT2D eigenvalue weighted by molar-refractivity contribution is 1.32. The molecule has 7 rings (SSSR count). The quantitative estimate of drug-likeness (QED) is 0.228. The van der Waals surface area contributed by atoms with Gasteiger partial charge in [-0.3, -0.25) is 15.0 Å². The molecule has 0 aliphatic carbocycles. The van der Waals surface area contributed by atoms with E-state index in [2.05, 4.69) is 87.7 Å². The highest BCUT2D eigenvalue weighted by molar-refractivity contribution is 7.21. The molecular formula is C34H22N4S. The van der Waals surface area contributed by atoms with Crippen molar-refractivity contribution in [2.24, 2.45) is 0 Å². The topological polar surface area (TPSA) is 51.6 Å². The maximum Gasteiger partial charge on any atom is 0.125 e. The lowest BCUT2D eigenvalue weighted by atomic mass is 9.92. The van der Waals surface area contributed by atoms with E-state index in [-0.39, 0.29) is 0 Å². The van der Waals surface area contributed by atoms with Gasteiger partial charge < -0.3 is 0 Å². The standard InChI is InChI=1S/C34H22N4S/c1-2-10-33-32(9-1)38-34(39-33)31-19-23(11-12-30(31)26-8-5-15-37-22-26)27-16-28(24-6-3-13-35-20-24)18-29(17-27)25-7-4-14-36-21-25/h1-22H. The van der Waals surface area contributed by atoms with Crippen LogP contribution in [0.2, 0.25) is 0 Å². The Balaban J connectivity index is 1.44. The van der Waals surface area contributed by atoms with Crippen molar-refractivity contribution in [3.05, 3.63) is 134 Å². The van der Waals surface area contributed by atoms with Gasteiger partial charge in [-0.05, 0) is 82.4 Å². The number of hydrogen-bond donors (Lipinski definition) is 0. The van der Waals surface area contributed by atoms with E-state index >= 15 is 0 Å². The van der Waals surface area contributed by atoms with Crippen LogP contribution in [-0.4, -0.2) is 19.9 Å². The second-order valence-electron chi connectivity index (χ2n) is 9.27. The summed E-state index contributed by atoms with van der Waals surface area (Å²) in [5, 5.41) is 0.993. The van der Waals surface area contributed by atoms with Crippen molar-refractivity contribution in [1.29, 1.82) is 0 Å². The predicted molar refractivity (Wildman–Crippen MR) is 160 cm³/mol. The lowest BCUT2D eigenvalue weighted by Gasteiger charge is -2.14. The first-order chi connectivity index (χ1) is 19.3. The molecule has 5 heteroatoms. The third-order valence-corrected chi connectivity index (χ3v) is 7.84. The Morgan fingerprint density at radius 1 is 0.436 bits per heavy atom. The third-order valence-electron chi connectivity index (χ3n) is 6.77. The molecule has 4 aromatic heterocycles. The van der Waals surface area contributed by atoms with Gasteiger partial charge in [-0.2, -0.15) is 0 Å². The van der Waals surface area contributed by atoms with Gasteiger partial charge >= 0.3 is 0 Å². The number of rotatable bonds is 5. The molecule has 0 aliphatic rings. The average Bonchev–Trinajstić information content (AvgIpc) is 3.46. The van der Waals surface area contributed by atoms with Crippen LogP contribution < -0.4 is 0 Å². The molecule has 7 aromatic rings. The second-order valence-corrected chi connectivity index (χ2v) is 10.3. The molecule has 0 radical (unpaired) electrons. The SMILES string of the molecule is c1cncc(-c2cc(-c3cccnc3)cc(-c3ccc(-c4cccnc4)c(-c4nc5ccccc5s4)c3)c2)c1. The van der Waals surface area contributed by atoms with Gasteiger partial charge in [0, 0.05) is 59.4 Å². The fraction of sp³-hybridized carbons (Fsp3) is 0. The molecule has 0 fully saturated rings. The van der Waals surface area contributed by atoms with Crippen molar-refractivity contribution in [3.8, 4) is 55.1 Å². The Bertz CT molecular complexity index is 1810. The minimum Gasteiger partial charge on any atom is -0.264 e. The number of thiazole rings is 1. The first-order valence-electron chi connectivity index (χ1n) is 12.7. The molecule has 0 atom stereocenters. The lowest BCUT2D eigenvalue weighted by Crippen LogP contribution is -1.90. The Hall–Kier alpha value is -5.00. The normalized spacial score (nSPS) is 11.1. The van der Waals surface area contributed by atoms with Gasteiger partial charge in [0.15, 0.2) is 0 Å². The monoisotopic (exact) mass is 518 g/mol. The van der Waals surface area contributed by atoms with Gasteiger partial charge in [0.2, 0.25) is 0 Å². The van der Waals surface area contributed by atoms with Crippen molar-refractivity contribution >= 4 is 21.6 Å². The van der Waals surface area contributed by atoms with Gasteiger partial charge in [-0.1, -0.05) is 42.5 Å². The first-order valence-corrected chi connectivity index (χ1v) is 13.5. The number of pyridine rings is 3. The van der Waals surface area contributed by atoms with Gasteiger partial charge in [0.25, 0.3) is 0 Å². The maximum atomic E-state index is 5.02. The highest BCUT2D eigenvalue weighted by Crippen LogP contribution is 2.40. The molecule has 0 amide bonds. The van der Waals surface area contributed by atoms with Crippen LogP contribution in [0.1, 0.15) is 0 Å². The average molecular weight is 519 g/mol. The summed E-state index contributed by atoms with van der Waals surface area (Å²) in [6.45, 7) is 0. The molecule has 0 saturated carbocycles. The molecule has 0 spiro atoms. The van der Waals surface area contributed by atoms with Gasteiger partial charge in [-0.15, -0.1) is 11.3 Å². The van der Waals surface area contributed by atoms with Crippen LogP contribution in [0.5, 0.6) is 0 Å². The zero-order chi connectivity index (χ0) is 26.0. The number of para-hydroxylation sites is 1. The van der Waals surface area contributed by atoms with E-state index < -0.39 is 0 Å². The zero-order valence-corrected chi connectivity index (χ0v) is 21.7. The fourth-order valence-electron chi connectivity index (χ4n) is 4.86. The van der Waals surface area contributed by atoms with Gasteiger partial charge in [-0.25, -0.2) is 4.98 Å². The fourth-order valence-corrected chi connectivity index (χ4v) is 5.85. The van der Waals surface area contributed by atoms with Crippen LogP contribution in [0.15, 0.2) is 134 Å². The summed E-state index contributed by atoms with van der Waals surface area (Å²) in [4.78, 5) is 18.1. The number of benzene rings is 3. The van der Waals surface area contributed by atoms with Crippen molar-refractivity contribution in [1.82, 2.24) is 19.9 Å². The maximum absolute atomic E-state index is 5.02. The van der Waals surface area contributed by atoms with Gasteiger partial charge in [0.05, 0.1) is 10.2 Å². The summed E-state index contributed by atoms with van der Waals surface area (Å²) in [5.74, 6) is 0. The van der Waals surface area contributed by atoms with E-state index in [1.54, 1.807) is 29.9 Å². The number of aromatic nitrogens is 4. The van der Waals surface area contributed by atoms with E-state index in [0.717, 1.165) is 60.6 Å². The zero-order valence-electron chi connectivity index (χ0n) is 20.9. The molecule has 0 aliphatic heterocycles. The summed E-state index contributed by atoms with van der Waals surface area (Å²) in [6, 6.07) is 33.8. The Labute approximate surface area is 230 Å². The molecule has 3 aromatic carbocycles. The van der Waals surface area contributed by atoms with Crippen molar-refractivity contribution < 1.29 is 0 Å². The number of fused-ring (bicyclic) bond motifs is 1. The molecule has 4 nitrogen and oxygen atoms in total. The minimum absolute atomic E-state index is 0.993. The van der Waals surface area contributed by atoms with Crippen LogP contribution in [0, 0.1) is 0 Å². The second kappa shape index (κ2) is 10.0. The largest absolute Gasteiger partial charge is 0.264 e. The summed E-state index contributed by atoms with van der Waals surface area (Å²) < 4.78 is 1.17. The van der Waals surface area contributed by atoms with Crippen LogP contribution in [0.3, 0.4) is 0 Å². The number of nitrogens with zero attached hydrogens (tertiary/aromatic N) is 4. The Morgan fingerprint density at radius 2 is 1.03 bits per heavy atom. The summed E-state index contributed by atoms with van der Waals surface area (Å²) >= 11 is 1.72. The van der Waals surface area contributed by atoms with Gasteiger partial charge in [0.1, 0.15) is 5.01 Å². The Morgan fingerprint density at radius 3 is 1.62 bits per heavy atom. The molecular weight excluding hydrogens is 496 g/mol.